The maximum Gasteiger partial charge on any atom is -0.0159 e. The van der Waals surface area contributed by atoms with E-state index in [1.54, 1.807) is 0 Å². The fourth-order valence-electron chi connectivity index (χ4n) is 1.15. The van der Waals surface area contributed by atoms with Crippen molar-refractivity contribution in [3.05, 3.63) is 48.6 Å². The minimum absolute atomic E-state index is 0. The second-order valence-electron chi connectivity index (χ2n) is 3.73. The molecule has 3 N–H and O–H groups in total. The van der Waals surface area contributed by atoms with Gasteiger partial charge in [0.25, 0.3) is 0 Å². The summed E-state index contributed by atoms with van der Waals surface area (Å²) in [5.41, 5.74) is 3.53. The lowest BCUT2D eigenvalue weighted by Crippen LogP contribution is -1.96. The maximum atomic E-state index is 4.03. The van der Waals surface area contributed by atoms with Crippen LogP contribution in [0.1, 0.15) is 27.2 Å². The summed E-state index contributed by atoms with van der Waals surface area (Å²) in [5.74, 6) is 0.479. The molecule has 0 unspecified atom stereocenters. The molecule has 0 spiro atoms. The smallest absolute Gasteiger partial charge is 0.0159 e. The Hall–Kier alpha value is -1.08. The van der Waals surface area contributed by atoms with Crippen LogP contribution in [0.25, 0.3) is 0 Å². The molecule has 0 fully saturated rings. The standard InChI is InChI=1S/C13H20.H3N/c1-7-11(4)9-13(6)12(5)8-10(2)3;/h7,9,12H,1-2,6,8H2,3-5H3;1H3/b11-9-;/t12-;/m0./s1. The molecule has 0 amide bonds. The lowest BCUT2D eigenvalue weighted by molar-refractivity contribution is 0.691. The number of rotatable bonds is 5. The predicted molar refractivity (Wildman–Crippen MR) is 66.7 cm³/mol. The molecule has 1 nitrogen and oxygen atoms in total. The van der Waals surface area contributed by atoms with E-state index in [-0.39, 0.29) is 6.15 Å². The van der Waals surface area contributed by atoms with Crippen molar-refractivity contribution < 1.29 is 0 Å². The molecule has 80 valence electrons. The first kappa shape index (κ1) is 15.4. The van der Waals surface area contributed by atoms with Gasteiger partial charge in [-0.05, 0) is 26.2 Å². The number of hydrogen-bond acceptors (Lipinski definition) is 1. The van der Waals surface area contributed by atoms with Crippen LogP contribution in [0.2, 0.25) is 0 Å². The van der Waals surface area contributed by atoms with Crippen LogP contribution in [0.3, 0.4) is 0 Å². The van der Waals surface area contributed by atoms with Crippen LogP contribution in [0, 0.1) is 5.92 Å². The van der Waals surface area contributed by atoms with Crippen LogP contribution in [0.4, 0.5) is 0 Å². The Morgan fingerprint density at radius 1 is 1.29 bits per heavy atom. The molecule has 0 aliphatic rings. The van der Waals surface area contributed by atoms with Crippen molar-refractivity contribution in [3.63, 3.8) is 0 Å². The Kier molecular flexibility index (Phi) is 8.07. The Morgan fingerprint density at radius 3 is 2.14 bits per heavy atom. The summed E-state index contributed by atoms with van der Waals surface area (Å²) in [5, 5.41) is 0. The molecule has 0 aromatic heterocycles. The third-order valence-corrected chi connectivity index (χ3v) is 2.02. The lowest BCUT2D eigenvalue weighted by atomic mass is 9.94. The lowest BCUT2D eigenvalue weighted by Gasteiger charge is -2.11. The topological polar surface area (TPSA) is 35.0 Å². The Labute approximate surface area is 88.5 Å². The van der Waals surface area contributed by atoms with Crippen LogP contribution in [-0.4, -0.2) is 0 Å². The van der Waals surface area contributed by atoms with Gasteiger partial charge in [0, 0.05) is 0 Å². The summed E-state index contributed by atoms with van der Waals surface area (Å²) < 4.78 is 0. The summed E-state index contributed by atoms with van der Waals surface area (Å²) in [4.78, 5) is 0. The molecular formula is C13H23N. The third kappa shape index (κ3) is 6.44. The predicted octanol–water partition coefficient (Wildman–Crippen LogP) is 4.44. The summed E-state index contributed by atoms with van der Waals surface area (Å²) >= 11 is 0. The fourth-order valence-corrected chi connectivity index (χ4v) is 1.15. The average Bonchev–Trinajstić information content (AvgIpc) is 2.02. The van der Waals surface area contributed by atoms with Crippen molar-refractivity contribution in [1.82, 2.24) is 6.15 Å². The van der Waals surface area contributed by atoms with E-state index in [2.05, 4.69) is 32.7 Å². The molecule has 14 heavy (non-hydrogen) atoms. The molecule has 0 aliphatic heterocycles. The minimum atomic E-state index is 0. The van der Waals surface area contributed by atoms with Gasteiger partial charge in [-0.1, -0.05) is 49.0 Å². The maximum absolute atomic E-state index is 4.03. The van der Waals surface area contributed by atoms with Crippen LogP contribution < -0.4 is 6.15 Å². The molecule has 0 heterocycles. The number of allylic oxidation sites excluding steroid dienone is 5. The van der Waals surface area contributed by atoms with E-state index in [0.29, 0.717) is 5.92 Å². The second kappa shape index (κ2) is 7.34. The molecule has 0 bridgehead atoms. The van der Waals surface area contributed by atoms with Gasteiger partial charge in [0.1, 0.15) is 0 Å². The van der Waals surface area contributed by atoms with Crippen molar-refractivity contribution in [2.75, 3.05) is 0 Å². The first-order valence-corrected chi connectivity index (χ1v) is 4.61. The highest BCUT2D eigenvalue weighted by Crippen LogP contribution is 2.19. The Morgan fingerprint density at radius 2 is 1.79 bits per heavy atom. The quantitative estimate of drug-likeness (QED) is 0.508. The minimum Gasteiger partial charge on any atom is -0.344 e. The van der Waals surface area contributed by atoms with Crippen molar-refractivity contribution in [1.29, 1.82) is 0 Å². The zero-order valence-electron chi connectivity index (χ0n) is 9.77. The van der Waals surface area contributed by atoms with E-state index in [4.69, 9.17) is 0 Å². The van der Waals surface area contributed by atoms with E-state index in [0.717, 1.165) is 12.0 Å². The summed E-state index contributed by atoms with van der Waals surface area (Å²) in [7, 11) is 0. The van der Waals surface area contributed by atoms with Gasteiger partial charge in [0.15, 0.2) is 0 Å². The van der Waals surface area contributed by atoms with Gasteiger partial charge >= 0.3 is 0 Å². The van der Waals surface area contributed by atoms with Gasteiger partial charge in [-0.3, -0.25) is 0 Å². The van der Waals surface area contributed by atoms with Crippen LogP contribution >= 0.6 is 0 Å². The van der Waals surface area contributed by atoms with E-state index in [1.165, 1.54) is 11.1 Å². The second-order valence-corrected chi connectivity index (χ2v) is 3.73. The number of hydrogen-bond donors (Lipinski definition) is 1. The molecule has 0 saturated heterocycles. The van der Waals surface area contributed by atoms with Crippen LogP contribution in [0.5, 0.6) is 0 Å². The Balaban J connectivity index is 0. The molecule has 0 radical (unpaired) electrons. The average molecular weight is 193 g/mol. The van der Waals surface area contributed by atoms with Gasteiger partial charge in [-0.15, -0.1) is 6.58 Å². The molecule has 0 aromatic carbocycles. The van der Waals surface area contributed by atoms with E-state index in [9.17, 15) is 0 Å². The summed E-state index contributed by atoms with van der Waals surface area (Å²) in [6.45, 7) is 17.9. The highest BCUT2D eigenvalue weighted by atomic mass is 14.1. The largest absolute Gasteiger partial charge is 0.344 e. The first-order valence-electron chi connectivity index (χ1n) is 4.61. The van der Waals surface area contributed by atoms with Crippen molar-refractivity contribution in [2.45, 2.75) is 27.2 Å². The van der Waals surface area contributed by atoms with Crippen molar-refractivity contribution in [2.24, 2.45) is 5.92 Å². The molecule has 0 aromatic rings. The van der Waals surface area contributed by atoms with Gasteiger partial charge in [0.2, 0.25) is 0 Å². The molecule has 1 atom stereocenters. The molecule has 0 saturated carbocycles. The molecule has 0 aliphatic carbocycles. The van der Waals surface area contributed by atoms with E-state index in [1.807, 2.05) is 19.9 Å². The highest BCUT2D eigenvalue weighted by molar-refractivity contribution is 5.27. The van der Waals surface area contributed by atoms with Crippen molar-refractivity contribution in [3.8, 4) is 0 Å². The third-order valence-electron chi connectivity index (χ3n) is 2.02. The van der Waals surface area contributed by atoms with Gasteiger partial charge in [0.05, 0.1) is 0 Å². The van der Waals surface area contributed by atoms with Gasteiger partial charge in [-0.2, -0.15) is 0 Å². The fraction of sp³-hybridized carbons (Fsp3) is 0.385. The molecular weight excluding hydrogens is 170 g/mol. The van der Waals surface area contributed by atoms with E-state index < -0.39 is 0 Å². The zero-order chi connectivity index (χ0) is 10.4. The Bertz CT molecular complexity index is 246. The van der Waals surface area contributed by atoms with Gasteiger partial charge < -0.3 is 6.15 Å². The van der Waals surface area contributed by atoms with E-state index >= 15 is 0 Å². The van der Waals surface area contributed by atoms with Gasteiger partial charge in [-0.25, -0.2) is 0 Å². The SMILES string of the molecule is C=C/C(C)=C\C(=C)[C@@H](C)CC(=C)C.N. The first-order chi connectivity index (χ1) is 5.97. The van der Waals surface area contributed by atoms with Crippen molar-refractivity contribution >= 4 is 0 Å². The summed E-state index contributed by atoms with van der Waals surface area (Å²) in [6.07, 6.45) is 4.94. The van der Waals surface area contributed by atoms with Crippen LogP contribution in [0.15, 0.2) is 48.6 Å². The zero-order valence-corrected chi connectivity index (χ0v) is 9.77. The highest BCUT2D eigenvalue weighted by Gasteiger charge is 2.03. The summed E-state index contributed by atoms with van der Waals surface area (Å²) in [6, 6.07) is 0. The molecule has 0 rings (SSSR count). The normalized spacial score (nSPS) is 12.6. The molecule has 1 heteroatoms. The monoisotopic (exact) mass is 193 g/mol. The van der Waals surface area contributed by atoms with Crippen LogP contribution in [-0.2, 0) is 0 Å².